The molecule has 0 unspecified atom stereocenters. The van der Waals surface area contributed by atoms with E-state index in [4.69, 9.17) is 0 Å². The molecule has 2 aromatic heterocycles. The van der Waals surface area contributed by atoms with E-state index < -0.39 is 0 Å². The number of aromatic nitrogens is 6. The molecule has 0 bridgehead atoms. The van der Waals surface area contributed by atoms with Crippen molar-refractivity contribution in [2.75, 3.05) is 7.05 Å². The van der Waals surface area contributed by atoms with Gasteiger partial charge in [-0.25, -0.2) is 0 Å². The van der Waals surface area contributed by atoms with Gasteiger partial charge in [-0.2, -0.15) is 10.3 Å². The van der Waals surface area contributed by atoms with Crippen LogP contribution in [-0.2, 0) is 18.5 Å². The fraction of sp³-hybridized carbons (Fsp3) is 0.412. The molecule has 2 heterocycles. The minimum atomic E-state index is 0.0618. The second-order valence-corrected chi connectivity index (χ2v) is 7.14. The van der Waals surface area contributed by atoms with Gasteiger partial charge in [0.25, 0.3) is 0 Å². The Morgan fingerprint density at radius 3 is 2.58 bits per heavy atom. The van der Waals surface area contributed by atoms with Gasteiger partial charge in [-0.1, -0.05) is 39.0 Å². The summed E-state index contributed by atoms with van der Waals surface area (Å²) in [5, 5.41) is 21.7. The van der Waals surface area contributed by atoms with Crippen LogP contribution < -0.4 is 0 Å². The number of benzene rings is 1. The molecule has 7 nitrogen and oxygen atoms in total. The highest BCUT2D eigenvalue weighted by molar-refractivity contribution is 5.54. The van der Waals surface area contributed by atoms with E-state index >= 15 is 0 Å². The van der Waals surface area contributed by atoms with Crippen molar-refractivity contribution in [3.8, 4) is 11.4 Å². The monoisotopic (exact) mass is 325 g/mol. The van der Waals surface area contributed by atoms with E-state index in [2.05, 4.69) is 81.7 Å². The second kappa shape index (κ2) is 6.52. The standard InChI is InChI=1S/C17H23N7/c1-17(2,3)15-9-14(18-19-15)11-24(4)10-12-6-5-7-13(8-12)16-20-22-23-21-16/h5-9H,10-11H2,1-4H3,(H,18,19)(H,20,21,22,23). The Balaban J connectivity index is 1.66. The number of aromatic amines is 2. The molecule has 0 spiro atoms. The van der Waals surface area contributed by atoms with Crippen LogP contribution in [0.4, 0.5) is 0 Å². The molecule has 0 saturated heterocycles. The minimum Gasteiger partial charge on any atom is -0.296 e. The van der Waals surface area contributed by atoms with Gasteiger partial charge in [0.2, 0.25) is 5.82 Å². The van der Waals surface area contributed by atoms with Gasteiger partial charge in [-0.05, 0) is 30.0 Å². The molecule has 126 valence electrons. The third kappa shape index (κ3) is 3.86. The largest absolute Gasteiger partial charge is 0.296 e. The highest BCUT2D eigenvalue weighted by Crippen LogP contribution is 2.21. The minimum absolute atomic E-state index is 0.0618. The van der Waals surface area contributed by atoms with Gasteiger partial charge in [-0.15, -0.1) is 10.2 Å². The van der Waals surface area contributed by atoms with Crippen molar-refractivity contribution in [1.29, 1.82) is 0 Å². The van der Waals surface area contributed by atoms with Crippen molar-refractivity contribution in [1.82, 2.24) is 35.7 Å². The van der Waals surface area contributed by atoms with Crippen molar-refractivity contribution in [2.24, 2.45) is 0 Å². The molecular formula is C17H23N7. The second-order valence-electron chi connectivity index (χ2n) is 7.14. The van der Waals surface area contributed by atoms with Crippen LogP contribution in [0.25, 0.3) is 11.4 Å². The fourth-order valence-electron chi connectivity index (χ4n) is 2.58. The summed E-state index contributed by atoms with van der Waals surface area (Å²) in [5.74, 6) is 0.614. The third-order valence-corrected chi connectivity index (χ3v) is 3.82. The van der Waals surface area contributed by atoms with Gasteiger partial charge in [0.05, 0.1) is 5.69 Å². The van der Waals surface area contributed by atoms with Crippen molar-refractivity contribution < 1.29 is 0 Å². The summed E-state index contributed by atoms with van der Waals surface area (Å²) in [6.07, 6.45) is 0. The Labute approximate surface area is 141 Å². The van der Waals surface area contributed by atoms with E-state index in [0.29, 0.717) is 5.82 Å². The molecule has 3 aromatic rings. The Kier molecular flexibility index (Phi) is 4.44. The van der Waals surface area contributed by atoms with E-state index in [1.807, 2.05) is 12.1 Å². The smallest absolute Gasteiger partial charge is 0.204 e. The van der Waals surface area contributed by atoms with Crippen LogP contribution in [0.2, 0.25) is 0 Å². The van der Waals surface area contributed by atoms with Gasteiger partial charge in [0.1, 0.15) is 0 Å². The zero-order valence-corrected chi connectivity index (χ0v) is 14.5. The van der Waals surface area contributed by atoms with Gasteiger partial charge in [0.15, 0.2) is 0 Å². The maximum atomic E-state index is 4.42. The maximum Gasteiger partial charge on any atom is 0.204 e. The Morgan fingerprint density at radius 2 is 1.92 bits per heavy atom. The number of H-pyrrole nitrogens is 2. The molecule has 2 N–H and O–H groups in total. The Hall–Kier alpha value is -2.54. The van der Waals surface area contributed by atoms with E-state index in [0.717, 1.165) is 30.0 Å². The van der Waals surface area contributed by atoms with Crippen molar-refractivity contribution >= 4 is 0 Å². The first kappa shape index (κ1) is 16.3. The molecule has 0 aliphatic heterocycles. The summed E-state index contributed by atoms with van der Waals surface area (Å²) < 4.78 is 0. The summed E-state index contributed by atoms with van der Waals surface area (Å²) >= 11 is 0. The molecule has 24 heavy (non-hydrogen) atoms. The molecule has 0 amide bonds. The summed E-state index contributed by atoms with van der Waals surface area (Å²) in [7, 11) is 2.10. The predicted molar refractivity (Wildman–Crippen MR) is 92.1 cm³/mol. The topological polar surface area (TPSA) is 86.4 Å². The lowest BCUT2D eigenvalue weighted by atomic mass is 9.92. The zero-order chi connectivity index (χ0) is 17.2. The number of hydrogen-bond acceptors (Lipinski definition) is 5. The first-order chi connectivity index (χ1) is 11.4. The number of tetrazole rings is 1. The molecule has 0 aliphatic rings. The van der Waals surface area contributed by atoms with Crippen LogP contribution in [0.15, 0.2) is 30.3 Å². The van der Waals surface area contributed by atoms with Crippen LogP contribution in [0.1, 0.15) is 37.7 Å². The predicted octanol–water partition coefficient (Wildman–Crippen LogP) is 2.52. The lowest BCUT2D eigenvalue weighted by Gasteiger charge is -2.16. The molecule has 0 atom stereocenters. The molecule has 0 radical (unpaired) electrons. The molecular weight excluding hydrogens is 302 g/mol. The number of hydrogen-bond donors (Lipinski definition) is 2. The summed E-state index contributed by atoms with van der Waals surface area (Å²) in [6, 6.07) is 10.3. The first-order valence-corrected chi connectivity index (χ1v) is 7.98. The first-order valence-electron chi connectivity index (χ1n) is 7.98. The Bertz CT molecular complexity index is 783. The van der Waals surface area contributed by atoms with E-state index in [1.165, 1.54) is 5.56 Å². The quantitative estimate of drug-likeness (QED) is 0.753. The highest BCUT2D eigenvalue weighted by Gasteiger charge is 2.17. The van der Waals surface area contributed by atoms with Gasteiger partial charge >= 0.3 is 0 Å². The van der Waals surface area contributed by atoms with Crippen LogP contribution in [0.3, 0.4) is 0 Å². The van der Waals surface area contributed by atoms with E-state index in [9.17, 15) is 0 Å². The normalized spacial score (nSPS) is 12.0. The van der Waals surface area contributed by atoms with E-state index in [1.54, 1.807) is 0 Å². The number of nitrogens with one attached hydrogen (secondary N) is 2. The van der Waals surface area contributed by atoms with Crippen LogP contribution >= 0.6 is 0 Å². The number of rotatable bonds is 5. The molecule has 7 heteroatoms. The lowest BCUT2D eigenvalue weighted by molar-refractivity contribution is 0.315. The highest BCUT2D eigenvalue weighted by atomic mass is 15.5. The summed E-state index contributed by atoms with van der Waals surface area (Å²) in [6.45, 7) is 8.14. The molecule has 0 fully saturated rings. The maximum absolute atomic E-state index is 4.42. The van der Waals surface area contributed by atoms with Gasteiger partial charge in [0, 0.05) is 29.8 Å². The van der Waals surface area contributed by atoms with Crippen molar-refractivity contribution in [3.05, 3.63) is 47.3 Å². The molecule has 3 rings (SSSR count). The van der Waals surface area contributed by atoms with E-state index in [-0.39, 0.29) is 5.41 Å². The third-order valence-electron chi connectivity index (χ3n) is 3.82. The van der Waals surface area contributed by atoms with Crippen molar-refractivity contribution in [2.45, 2.75) is 39.3 Å². The number of nitrogens with zero attached hydrogens (tertiary/aromatic N) is 5. The molecule has 1 aromatic carbocycles. The average Bonchev–Trinajstić information content (AvgIpc) is 3.18. The summed E-state index contributed by atoms with van der Waals surface area (Å²) in [4.78, 5) is 2.25. The Morgan fingerprint density at radius 1 is 1.08 bits per heavy atom. The van der Waals surface area contributed by atoms with Crippen LogP contribution in [0.5, 0.6) is 0 Å². The van der Waals surface area contributed by atoms with Crippen molar-refractivity contribution in [3.63, 3.8) is 0 Å². The van der Waals surface area contributed by atoms with Gasteiger partial charge < -0.3 is 0 Å². The SMILES string of the molecule is CN(Cc1cccc(-c2nn[nH]n2)c1)Cc1cc(C(C)(C)C)n[nH]1. The molecule has 0 saturated carbocycles. The average molecular weight is 325 g/mol. The molecule has 0 aliphatic carbocycles. The lowest BCUT2D eigenvalue weighted by Crippen LogP contribution is -2.17. The fourth-order valence-corrected chi connectivity index (χ4v) is 2.58. The summed E-state index contributed by atoms with van der Waals surface area (Å²) in [5.41, 5.74) is 4.44. The zero-order valence-electron chi connectivity index (χ0n) is 14.5. The van der Waals surface area contributed by atoms with Crippen LogP contribution in [-0.4, -0.2) is 42.8 Å². The van der Waals surface area contributed by atoms with Crippen LogP contribution in [0, 0.1) is 0 Å². The van der Waals surface area contributed by atoms with Gasteiger partial charge in [-0.3, -0.25) is 10.00 Å².